The number of nitrogens with zero attached hydrogens (tertiary/aromatic N) is 1. The van der Waals surface area contributed by atoms with E-state index in [0.29, 0.717) is 39.6 Å². The Labute approximate surface area is 161 Å². The van der Waals surface area contributed by atoms with Crippen LogP contribution in [0.25, 0.3) is 5.57 Å². The van der Waals surface area contributed by atoms with Gasteiger partial charge in [-0.1, -0.05) is 23.7 Å². The molecule has 9 heteroatoms. The number of nitrogens with two attached hydrogens (primary N) is 1. The van der Waals surface area contributed by atoms with Crippen LogP contribution in [0.2, 0.25) is 5.02 Å². The number of hydrogen-bond donors (Lipinski definition) is 1. The molecule has 0 bridgehead atoms. The molecule has 0 saturated carbocycles. The lowest BCUT2D eigenvalue weighted by Crippen LogP contribution is -2.28. The fourth-order valence-electron chi connectivity index (χ4n) is 2.59. The van der Waals surface area contributed by atoms with Crippen LogP contribution in [0.1, 0.15) is 18.1 Å². The predicted octanol–water partition coefficient (Wildman–Crippen LogP) is 5.57. The maximum absolute atomic E-state index is 13.1. The maximum atomic E-state index is 13.1. The summed E-state index contributed by atoms with van der Waals surface area (Å²) in [6, 6.07) is 9.65. The highest BCUT2D eigenvalue weighted by atomic mass is 35.5. The first-order valence-electron chi connectivity index (χ1n) is 7.59. The summed E-state index contributed by atoms with van der Waals surface area (Å²) < 4.78 is 39.2. The monoisotopic (exact) mass is 412 g/mol. The number of halogens is 4. The molecule has 0 aliphatic carbocycles. The van der Waals surface area contributed by atoms with Crippen LogP contribution >= 0.6 is 23.4 Å². The lowest BCUT2D eigenvalue weighted by molar-refractivity contribution is -0.137. The molecule has 2 aromatic carbocycles. The minimum atomic E-state index is -4.71. The summed E-state index contributed by atoms with van der Waals surface area (Å²) in [6.07, 6.45) is -4.71. The molecule has 1 aliphatic rings. The Hall–Kier alpha value is -2.45. The van der Waals surface area contributed by atoms with Gasteiger partial charge in [0.25, 0.3) is 11.1 Å². The van der Waals surface area contributed by atoms with E-state index in [0.717, 1.165) is 6.07 Å². The van der Waals surface area contributed by atoms with E-state index in [1.807, 2.05) is 0 Å². The Morgan fingerprint density at radius 3 is 2.48 bits per heavy atom. The predicted molar refractivity (Wildman–Crippen MR) is 100 cm³/mol. The van der Waals surface area contributed by atoms with Crippen molar-refractivity contribution < 1.29 is 22.8 Å². The summed E-state index contributed by atoms with van der Waals surface area (Å²) in [6.45, 7) is 1.65. The molecule has 1 aliphatic heterocycles. The van der Waals surface area contributed by atoms with E-state index in [4.69, 9.17) is 17.3 Å². The molecule has 2 amide bonds. The largest absolute Gasteiger partial charge is 0.417 e. The molecule has 0 aromatic heterocycles. The van der Waals surface area contributed by atoms with Crippen molar-refractivity contribution in [2.24, 2.45) is 0 Å². The molecule has 140 valence electrons. The van der Waals surface area contributed by atoms with Gasteiger partial charge in [0.05, 0.1) is 21.2 Å². The third kappa shape index (κ3) is 3.68. The van der Waals surface area contributed by atoms with Gasteiger partial charge in [0, 0.05) is 5.69 Å². The number of allylic oxidation sites excluding steroid dienone is 1. The molecule has 1 fully saturated rings. The van der Waals surface area contributed by atoms with E-state index < -0.39 is 27.9 Å². The molecule has 27 heavy (non-hydrogen) atoms. The van der Waals surface area contributed by atoms with Gasteiger partial charge < -0.3 is 5.73 Å². The number of alkyl halides is 3. The van der Waals surface area contributed by atoms with Gasteiger partial charge in [0.15, 0.2) is 0 Å². The Bertz CT molecular complexity index is 989. The summed E-state index contributed by atoms with van der Waals surface area (Å²) in [5, 5.41) is -1.20. The van der Waals surface area contributed by atoms with Gasteiger partial charge in [-0.25, -0.2) is 4.90 Å². The maximum Gasteiger partial charge on any atom is 0.417 e. The van der Waals surface area contributed by atoms with Gasteiger partial charge in [-0.15, -0.1) is 0 Å². The van der Waals surface area contributed by atoms with Crippen LogP contribution in [-0.2, 0) is 11.0 Å². The fraction of sp³-hybridized carbons (Fsp3) is 0.111. The number of thioether (sulfide) groups is 1. The first-order chi connectivity index (χ1) is 12.6. The van der Waals surface area contributed by atoms with Crippen LogP contribution in [0.3, 0.4) is 0 Å². The molecule has 2 N–H and O–H groups in total. The Morgan fingerprint density at radius 1 is 1.15 bits per heavy atom. The lowest BCUT2D eigenvalue weighted by Gasteiger charge is -2.16. The molecule has 0 spiro atoms. The Morgan fingerprint density at radius 2 is 1.85 bits per heavy atom. The van der Waals surface area contributed by atoms with Crippen molar-refractivity contribution in [2.75, 3.05) is 10.6 Å². The van der Waals surface area contributed by atoms with Crippen molar-refractivity contribution in [1.29, 1.82) is 0 Å². The quantitative estimate of drug-likeness (QED) is 0.517. The van der Waals surface area contributed by atoms with Gasteiger partial charge >= 0.3 is 6.18 Å². The summed E-state index contributed by atoms with van der Waals surface area (Å²) in [7, 11) is 0. The highest BCUT2D eigenvalue weighted by Gasteiger charge is 2.40. The number of benzene rings is 2. The van der Waals surface area contributed by atoms with Crippen LogP contribution in [0, 0.1) is 0 Å². The number of rotatable bonds is 2. The van der Waals surface area contributed by atoms with E-state index in [1.165, 1.54) is 6.07 Å². The molecule has 4 nitrogen and oxygen atoms in total. The zero-order chi connectivity index (χ0) is 19.9. The highest BCUT2D eigenvalue weighted by molar-refractivity contribution is 8.19. The van der Waals surface area contributed by atoms with Crippen molar-refractivity contribution in [2.45, 2.75) is 13.1 Å². The second-order valence-electron chi connectivity index (χ2n) is 5.75. The number of amides is 2. The van der Waals surface area contributed by atoms with Gasteiger partial charge in [-0.05, 0) is 60.2 Å². The summed E-state index contributed by atoms with van der Waals surface area (Å²) in [5.41, 5.74) is 6.08. The SMILES string of the molecule is C/C(=C1/SC(=O)N(c2ccc(Cl)c(C(F)(F)F)c2)C1=O)c1cccc(N)c1. The van der Waals surface area contributed by atoms with Crippen LogP contribution in [0.5, 0.6) is 0 Å². The van der Waals surface area contributed by atoms with Crippen LogP contribution in [0.4, 0.5) is 29.3 Å². The average molecular weight is 413 g/mol. The fourth-order valence-corrected chi connectivity index (χ4v) is 3.72. The van der Waals surface area contributed by atoms with Crippen LogP contribution < -0.4 is 10.6 Å². The van der Waals surface area contributed by atoms with Crippen LogP contribution in [0.15, 0.2) is 47.4 Å². The van der Waals surface area contributed by atoms with Crippen molar-refractivity contribution in [3.8, 4) is 0 Å². The lowest BCUT2D eigenvalue weighted by atomic mass is 10.1. The van der Waals surface area contributed by atoms with E-state index >= 15 is 0 Å². The third-order valence-electron chi connectivity index (χ3n) is 3.94. The molecule has 0 unspecified atom stereocenters. The van der Waals surface area contributed by atoms with Crippen LogP contribution in [-0.4, -0.2) is 11.1 Å². The first-order valence-corrected chi connectivity index (χ1v) is 8.79. The third-order valence-corrected chi connectivity index (χ3v) is 5.31. The standard InChI is InChI=1S/C18H12ClF3N2O2S/c1-9(10-3-2-4-11(23)7-10)15-16(25)24(17(26)27-15)12-5-6-14(19)13(8-12)18(20,21)22/h2-8H,23H2,1H3/b15-9-. The Kier molecular flexibility index (Phi) is 4.96. The van der Waals surface area contributed by atoms with E-state index in [9.17, 15) is 22.8 Å². The molecule has 2 aromatic rings. The molecule has 3 rings (SSSR count). The van der Waals surface area contributed by atoms with Crippen molar-refractivity contribution >= 4 is 51.5 Å². The normalized spacial score (nSPS) is 16.9. The topological polar surface area (TPSA) is 63.4 Å². The zero-order valence-electron chi connectivity index (χ0n) is 13.8. The van der Waals surface area contributed by atoms with Crippen molar-refractivity contribution in [1.82, 2.24) is 0 Å². The zero-order valence-corrected chi connectivity index (χ0v) is 15.4. The minimum absolute atomic E-state index is 0.133. The molecule has 1 heterocycles. The van der Waals surface area contributed by atoms with E-state index in [2.05, 4.69) is 0 Å². The first kappa shape index (κ1) is 19.3. The second kappa shape index (κ2) is 6.94. The average Bonchev–Trinajstić information content (AvgIpc) is 2.88. The summed E-state index contributed by atoms with van der Waals surface area (Å²) in [4.78, 5) is 25.9. The number of anilines is 2. The Balaban J connectivity index is 2.04. The van der Waals surface area contributed by atoms with Gasteiger partial charge in [0.1, 0.15) is 0 Å². The van der Waals surface area contributed by atoms with Crippen molar-refractivity contribution in [3.63, 3.8) is 0 Å². The smallest absolute Gasteiger partial charge is 0.399 e. The molecule has 1 saturated heterocycles. The van der Waals surface area contributed by atoms with Crippen molar-refractivity contribution in [3.05, 3.63) is 63.5 Å². The number of hydrogen-bond acceptors (Lipinski definition) is 4. The van der Waals surface area contributed by atoms with Gasteiger partial charge in [-0.2, -0.15) is 13.2 Å². The minimum Gasteiger partial charge on any atom is -0.399 e. The molecule has 0 radical (unpaired) electrons. The number of nitrogen functional groups attached to an aromatic ring is 1. The summed E-state index contributed by atoms with van der Waals surface area (Å²) >= 11 is 6.26. The van der Waals surface area contributed by atoms with Gasteiger partial charge in [-0.3, -0.25) is 9.59 Å². The van der Waals surface area contributed by atoms with E-state index in [-0.39, 0.29) is 10.6 Å². The number of imide groups is 1. The molecule has 0 atom stereocenters. The number of carbonyl (C=O) groups is 2. The molecular weight excluding hydrogens is 401 g/mol. The highest BCUT2D eigenvalue weighted by Crippen LogP contribution is 2.42. The second-order valence-corrected chi connectivity index (χ2v) is 7.12. The number of carbonyl (C=O) groups excluding carboxylic acids is 2. The molecular formula is C18H12ClF3N2O2S. The summed E-state index contributed by atoms with van der Waals surface area (Å²) in [5.74, 6) is -0.694. The van der Waals surface area contributed by atoms with Gasteiger partial charge in [0.2, 0.25) is 0 Å². The van der Waals surface area contributed by atoms with E-state index in [1.54, 1.807) is 31.2 Å².